The first-order valence-electron chi connectivity index (χ1n) is 5.37. The van der Waals surface area contributed by atoms with Crippen LogP contribution < -0.4 is 4.74 Å². The Kier molecular flexibility index (Phi) is 3.23. The Morgan fingerprint density at radius 3 is 2.53 bits per heavy atom. The number of carbonyl (C=O) groups is 2. The van der Waals surface area contributed by atoms with Crippen LogP contribution in [0, 0.1) is 0 Å². The lowest BCUT2D eigenvalue weighted by Gasteiger charge is -2.02. The highest BCUT2D eigenvalue weighted by atomic mass is 16.6. The van der Waals surface area contributed by atoms with E-state index in [9.17, 15) is 9.59 Å². The number of carbonyl (C=O) groups excluding carboxylic acids is 2. The lowest BCUT2D eigenvalue weighted by atomic mass is 10.1. The van der Waals surface area contributed by atoms with E-state index in [2.05, 4.69) is 4.74 Å². The molecule has 88 valence electrons. The molecule has 0 aliphatic carbocycles. The molecule has 1 aliphatic rings. The summed E-state index contributed by atoms with van der Waals surface area (Å²) in [6, 6.07) is 7.29. The van der Waals surface area contributed by atoms with Gasteiger partial charge in [-0.15, -0.1) is 0 Å². The van der Waals surface area contributed by atoms with E-state index in [1.165, 1.54) is 0 Å². The second-order valence-electron chi connectivity index (χ2n) is 3.61. The molecule has 0 aromatic heterocycles. The summed E-state index contributed by atoms with van der Waals surface area (Å²) < 4.78 is 9.74. The number of cyclic esters (lactones) is 2. The van der Waals surface area contributed by atoms with Crippen LogP contribution in [0.15, 0.2) is 29.8 Å². The lowest BCUT2D eigenvalue weighted by molar-refractivity contribution is -0.151. The van der Waals surface area contributed by atoms with Crippen molar-refractivity contribution in [3.63, 3.8) is 0 Å². The van der Waals surface area contributed by atoms with Gasteiger partial charge < -0.3 is 9.47 Å². The van der Waals surface area contributed by atoms with Crippen molar-refractivity contribution in [2.75, 3.05) is 6.61 Å². The SMILES string of the molecule is CCOc1ccc(/C=C2\CC(=O)OC2=O)cc1. The van der Waals surface area contributed by atoms with Crippen LogP contribution in [0.1, 0.15) is 18.9 Å². The highest BCUT2D eigenvalue weighted by Crippen LogP contribution is 2.20. The van der Waals surface area contributed by atoms with Crippen LogP contribution in [-0.2, 0) is 14.3 Å². The highest BCUT2D eigenvalue weighted by Gasteiger charge is 2.26. The van der Waals surface area contributed by atoms with Crippen molar-refractivity contribution in [3.8, 4) is 5.75 Å². The first-order valence-corrected chi connectivity index (χ1v) is 5.37. The molecule has 4 nitrogen and oxygen atoms in total. The van der Waals surface area contributed by atoms with Crippen LogP contribution in [0.5, 0.6) is 5.75 Å². The van der Waals surface area contributed by atoms with E-state index in [1.807, 2.05) is 31.2 Å². The van der Waals surface area contributed by atoms with Crippen molar-refractivity contribution in [1.82, 2.24) is 0 Å². The minimum absolute atomic E-state index is 0.0477. The molecule has 1 aromatic rings. The molecule has 17 heavy (non-hydrogen) atoms. The van der Waals surface area contributed by atoms with Gasteiger partial charge in [0.05, 0.1) is 13.0 Å². The number of rotatable bonds is 3. The third kappa shape index (κ3) is 2.72. The fourth-order valence-electron chi connectivity index (χ4n) is 1.57. The van der Waals surface area contributed by atoms with E-state index in [0.29, 0.717) is 12.2 Å². The summed E-state index contributed by atoms with van der Waals surface area (Å²) in [6.07, 6.45) is 1.70. The summed E-state index contributed by atoms with van der Waals surface area (Å²) in [5.74, 6) is -0.268. The number of ether oxygens (including phenoxy) is 2. The van der Waals surface area contributed by atoms with Crippen molar-refractivity contribution in [2.24, 2.45) is 0 Å². The van der Waals surface area contributed by atoms with Crippen molar-refractivity contribution >= 4 is 18.0 Å². The molecule has 0 saturated carbocycles. The maximum absolute atomic E-state index is 11.2. The van der Waals surface area contributed by atoms with Crippen LogP contribution in [0.25, 0.3) is 6.08 Å². The fraction of sp³-hybridized carbons (Fsp3) is 0.231. The second-order valence-corrected chi connectivity index (χ2v) is 3.61. The summed E-state index contributed by atoms with van der Waals surface area (Å²) in [6.45, 7) is 2.53. The molecule has 1 saturated heterocycles. The zero-order valence-corrected chi connectivity index (χ0v) is 9.43. The molecule has 0 bridgehead atoms. The standard InChI is InChI=1S/C13H12O4/c1-2-16-11-5-3-9(4-6-11)7-10-8-12(14)17-13(10)15/h3-7H,2,8H2,1H3/b10-7+. The molecular formula is C13H12O4. The monoisotopic (exact) mass is 232 g/mol. The van der Waals surface area contributed by atoms with Crippen LogP contribution in [0.2, 0.25) is 0 Å². The minimum atomic E-state index is -0.552. The van der Waals surface area contributed by atoms with E-state index >= 15 is 0 Å². The Labute approximate surface area is 98.8 Å². The number of esters is 2. The van der Waals surface area contributed by atoms with Gasteiger partial charge in [0.15, 0.2) is 0 Å². The third-order valence-corrected chi connectivity index (χ3v) is 2.34. The molecule has 0 amide bonds. The van der Waals surface area contributed by atoms with E-state index in [0.717, 1.165) is 11.3 Å². The molecule has 0 atom stereocenters. The van der Waals surface area contributed by atoms with E-state index in [-0.39, 0.29) is 6.42 Å². The second kappa shape index (κ2) is 4.82. The summed E-state index contributed by atoms with van der Waals surface area (Å²) in [7, 11) is 0. The fourth-order valence-corrected chi connectivity index (χ4v) is 1.57. The lowest BCUT2D eigenvalue weighted by Crippen LogP contribution is -1.96. The van der Waals surface area contributed by atoms with Gasteiger partial charge in [-0.1, -0.05) is 12.1 Å². The molecule has 1 aromatic carbocycles. The molecule has 0 radical (unpaired) electrons. The van der Waals surface area contributed by atoms with Crippen molar-refractivity contribution in [3.05, 3.63) is 35.4 Å². The Bertz CT molecular complexity index is 471. The van der Waals surface area contributed by atoms with Gasteiger partial charge in [0.1, 0.15) is 5.75 Å². The van der Waals surface area contributed by atoms with E-state index < -0.39 is 11.9 Å². The molecule has 1 aliphatic heterocycles. The van der Waals surface area contributed by atoms with Crippen LogP contribution in [0.3, 0.4) is 0 Å². The van der Waals surface area contributed by atoms with Gasteiger partial charge in [-0.05, 0) is 30.7 Å². The smallest absolute Gasteiger partial charge is 0.342 e. The first-order chi connectivity index (χ1) is 8.19. The largest absolute Gasteiger partial charge is 0.494 e. The van der Waals surface area contributed by atoms with Crippen molar-refractivity contribution in [1.29, 1.82) is 0 Å². The van der Waals surface area contributed by atoms with Crippen molar-refractivity contribution in [2.45, 2.75) is 13.3 Å². The Morgan fingerprint density at radius 2 is 2.00 bits per heavy atom. The molecule has 1 fully saturated rings. The average molecular weight is 232 g/mol. The van der Waals surface area contributed by atoms with Crippen LogP contribution in [-0.4, -0.2) is 18.5 Å². The predicted octanol–water partition coefficient (Wildman–Crippen LogP) is 1.94. The topological polar surface area (TPSA) is 52.6 Å². The minimum Gasteiger partial charge on any atom is -0.494 e. The Balaban J connectivity index is 2.16. The van der Waals surface area contributed by atoms with Gasteiger partial charge in [-0.3, -0.25) is 4.79 Å². The zero-order chi connectivity index (χ0) is 12.3. The van der Waals surface area contributed by atoms with Crippen LogP contribution >= 0.6 is 0 Å². The number of hydrogen-bond acceptors (Lipinski definition) is 4. The van der Waals surface area contributed by atoms with Gasteiger partial charge in [-0.25, -0.2) is 4.79 Å². The summed E-state index contributed by atoms with van der Waals surface area (Å²) in [5, 5.41) is 0. The third-order valence-electron chi connectivity index (χ3n) is 2.34. The molecule has 0 unspecified atom stereocenters. The highest BCUT2D eigenvalue weighted by molar-refractivity contribution is 6.08. The van der Waals surface area contributed by atoms with E-state index in [1.54, 1.807) is 6.08 Å². The molecule has 0 spiro atoms. The van der Waals surface area contributed by atoms with Gasteiger partial charge in [0.25, 0.3) is 0 Å². The van der Waals surface area contributed by atoms with E-state index in [4.69, 9.17) is 4.74 Å². The summed E-state index contributed by atoms with van der Waals surface area (Å²) in [4.78, 5) is 22.1. The molecule has 4 heteroatoms. The predicted molar refractivity (Wildman–Crippen MR) is 61.3 cm³/mol. The quantitative estimate of drug-likeness (QED) is 0.454. The summed E-state index contributed by atoms with van der Waals surface area (Å²) in [5.41, 5.74) is 1.23. The first kappa shape index (κ1) is 11.4. The van der Waals surface area contributed by atoms with Gasteiger partial charge in [0, 0.05) is 5.57 Å². The molecule has 1 heterocycles. The molecular weight excluding hydrogens is 220 g/mol. The normalized spacial score (nSPS) is 17.4. The molecule has 2 rings (SSSR count). The Hall–Kier alpha value is -2.10. The van der Waals surface area contributed by atoms with Crippen molar-refractivity contribution < 1.29 is 19.1 Å². The van der Waals surface area contributed by atoms with Gasteiger partial charge in [-0.2, -0.15) is 0 Å². The zero-order valence-electron chi connectivity index (χ0n) is 9.43. The summed E-state index contributed by atoms with van der Waals surface area (Å²) >= 11 is 0. The number of benzene rings is 1. The van der Waals surface area contributed by atoms with Gasteiger partial charge >= 0.3 is 11.9 Å². The van der Waals surface area contributed by atoms with Gasteiger partial charge in [0.2, 0.25) is 0 Å². The maximum Gasteiger partial charge on any atom is 0.342 e. The van der Waals surface area contributed by atoms with Crippen LogP contribution in [0.4, 0.5) is 0 Å². The number of hydrogen-bond donors (Lipinski definition) is 0. The average Bonchev–Trinajstić information content (AvgIpc) is 2.61. The molecule has 0 N–H and O–H groups in total. The maximum atomic E-state index is 11.2. The Morgan fingerprint density at radius 1 is 1.29 bits per heavy atom.